The lowest BCUT2D eigenvalue weighted by molar-refractivity contribution is -0.138. The number of rotatable bonds is 5. The van der Waals surface area contributed by atoms with Gasteiger partial charge in [-0.15, -0.1) is 0 Å². The molecule has 2 unspecified atom stereocenters. The minimum absolute atomic E-state index is 0.445. The minimum atomic E-state index is -4.71. The van der Waals surface area contributed by atoms with E-state index in [1.807, 2.05) is 0 Å². The Hall–Kier alpha value is -0.460. The smallest absolute Gasteiger partial charge is 0.339 e. The SMILES string of the molecule is O=C(O)C(CC(O)N1CCCC1)P(=O)(O)O. The summed E-state index contributed by atoms with van der Waals surface area (Å²) in [6.07, 6.45) is 0.269. The number of nitrogens with zero attached hydrogens (tertiary/aromatic N) is 1. The van der Waals surface area contributed by atoms with E-state index < -0.39 is 31.9 Å². The Morgan fingerprint density at radius 3 is 2.19 bits per heavy atom. The van der Waals surface area contributed by atoms with Crippen molar-refractivity contribution < 1.29 is 29.4 Å². The maximum Gasteiger partial charge on any atom is 0.339 e. The summed E-state index contributed by atoms with van der Waals surface area (Å²) < 4.78 is 10.9. The molecule has 1 aliphatic rings. The fraction of sp³-hybridized carbons (Fsp3) is 0.875. The van der Waals surface area contributed by atoms with E-state index in [9.17, 15) is 14.5 Å². The van der Waals surface area contributed by atoms with Gasteiger partial charge in [-0.1, -0.05) is 0 Å². The van der Waals surface area contributed by atoms with Gasteiger partial charge in [0.1, 0.15) is 6.23 Å². The van der Waals surface area contributed by atoms with Gasteiger partial charge in [-0.2, -0.15) is 0 Å². The molecular weight excluding hydrogens is 237 g/mol. The highest BCUT2D eigenvalue weighted by atomic mass is 31.2. The van der Waals surface area contributed by atoms with Gasteiger partial charge in [0.2, 0.25) is 0 Å². The van der Waals surface area contributed by atoms with Crippen LogP contribution in [0.5, 0.6) is 0 Å². The maximum atomic E-state index is 10.9. The number of hydrogen-bond donors (Lipinski definition) is 4. The molecule has 94 valence electrons. The van der Waals surface area contributed by atoms with Crippen molar-refractivity contribution >= 4 is 13.6 Å². The van der Waals surface area contributed by atoms with Crippen molar-refractivity contribution in [1.82, 2.24) is 4.90 Å². The fourth-order valence-electron chi connectivity index (χ4n) is 1.77. The lowest BCUT2D eigenvalue weighted by Crippen LogP contribution is -2.37. The van der Waals surface area contributed by atoms with E-state index in [1.165, 1.54) is 0 Å². The molecule has 4 N–H and O–H groups in total. The number of carboxylic acids is 1. The molecule has 1 saturated heterocycles. The van der Waals surface area contributed by atoms with Crippen LogP contribution < -0.4 is 0 Å². The number of aliphatic hydroxyl groups excluding tert-OH is 1. The fourth-order valence-corrected chi connectivity index (χ4v) is 2.52. The van der Waals surface area contributed by atoms with Crippen molar-refractivity contribution in [3.63, 3.8) is 0 Å². The second-order valence-electron chi connectivity index (χ2n) is 3.90. The highest BCUT2D eigenvalue weighted by Gasteiger charge is 2.38. The molecule has 1 fully saturated rings. The Morgan fingerprint density at radius 2 is 1.81 bits per heavy atom. The molecule has 0 aromatic carbocycles. The summed E-state index contributed by atoms with van der Waals surface area (Å²) in [5.41, 5.74) is -1.83. The summed E-state index contributed by atoms with van der Waals surface area (Å²) in [7, 11) is -4.71. The molecule has 0 aromatic rings. The molecule has 16 heavy (non-hydrogen) atoms. The molecule has 0 radical (unpaired) electrons. The zero-order valence-corrected chi connectivity index (χ0v) is 9.58. The number of aliphatic carboxylic acids is 1. The van der Waals surface area contributed by atoms with Crippen LogP contribution in [0, 0.1) is 0 Å². The van der Waals surface area contributed by atoms with Crippen LogP contribution in [0.2, 0.25) is 0 Å². The molecule has 0 saturated carbocycles. The van der Waals surface area contributed by atoms with Crippen molar-refractivity contribution in [3.05, 3.63) is 0 Å². The summed E-state index contributed by atoms with van der Waals surface area (Å²) in [4.78, 5) is 30.0. The van der Waals surface area contributed by atoms with Crippen LogP contribution in [0.4, 0.5) is 0 Å². The van der Waals surface area contributed by atoms with E-state index in [-0.39, 0.29) is 0 Å². The Kier molecular flexibility index (Phi) is 4.46. The van der Waals surface area contributed by atoms with Crippen LogP contribution in [0.25, 0.3) is 0 Å². The van der Waals surface area contributed by atoms with Gasteiger partial charge in [0.05, 0.1) is 0 Å². The molecule has 1 heterocycles. The third-order valence-electron chi connectivity index (χ3n) is 2.69. The molecular formula is C8H16NO6P. The Balaban J connectivity index is 2.61. The largest absolute Gasteiger partial charge is 0.481 e. The minimum Gasteiger partial charge on any atom is -0.481 e. The van der Waals surface area contributed by atoms with Crippen molar-refractivity contribution in [1.29, 1.82) is 0 Å². The molecule has 1 aliphatic heterocycles. The Morgan fingerprint density at radius 1 is 1.31 bits per heavy atom. The second kappa shape index (κ2) is 5.25. The van der Waals surface area contributed by atoms with E-state index in [0.717, 1.165) is 12.8 Å². The van der Waals surface area contributed by atoms with Crippen molar-refractivity contribution in [2.75, 3.05) is 13.1 Å². The summed E-state index contributed by atoms with van der Waals surface area (Å²) in [5.74, 6) is -1.58. The molecule has 7 nitrogen and oxygen atoms in total. The third kappa shape index (κ3) is 3.54. The molecule has 8 heteroatoms. The van der Waals surface area contributed by atoms with Crippen molar-refractivity contribution in [3.8, 4) is 0 Å². The third-order valence-corrected chi connectivity index (χ3v) is 3.93. The van der Waals surface area contributed by atoms with Crippen LogP contribution in [-0.4, -0.2) is 55.8 Å². The normalized spacial score (nSPS) is 21.9. The van der Waals surface area contributed by atoms with Crippen LogP contribution in [0.1, 0.15) is 19.3 Å². The quantitative estimate of drug-likeness (QED) is 0.484. The van der Waals surface area contributed by atoms with E-state index in [4.69, 9.17) is 14.9 Å². The standard InChI is InChI=1S/C8H16NO6P/c10-7(9-3-1-2-4-9)5-6(8(11)12)16(13,14)15/h6-7,10H,1-5H2,(H,11,12)(H2,13,14,15). The van der Waals surface area contributed by atoms with Gasteiger partial charge >= 0.3 is 13.6 Å². The first-order valence-electron chi connectivity index (χ1n) is 5.02. The molecule has 2 atom stereocenters. The number of hydrogen-bond acceptors (Lipinski definition) is 4. The topological polar surface area (TPSA) is 118 Å². The van der Waals surface area contributed by atoms with Crippen LogP contribution in [-0.2, 0) is 9.36 Å². The first-order chi connectivity index (χ1) is 7.32. The van der Waals surface area contributed by atoms with Gasteiger partial charge in [-0.25, -0.2) is 0 Å². The van der Waals surface area contributed by atoms with Gasteiger partial charge in [0.25, 0.3) is 0 Å². The van der Waals surface area contributed by atoms with Crippen LogP contribution in [0.3, 0.4) is 0 Å². The highest BCUT2D eigenvalue weighted by Crippen LogP contribution is 2.43. The predicted molar refractivity (Wildman–Crippen MR) is 54.9 cm³/mol. The average Bonchev–Trinajstić information content (AvgIpc) is 2.63. The first-order valence-corrected chi connectivity index (χ1v) is 6.70. The predicted octanol–water partition coefficient (Wildman–Crippen LogP) is -0.578. The lowest BCUT2D eigenvalue weighted by atomic mass is 10.2. The van der Waals surface area contributed by atoms with Crippen LogP contribution in [0.15, 0.2) is 0 Å². The summed E-state index contributed by atoms with van der Waals surface area (Å²) in [6.45, 7) is 1.27. The summed E-state index contributed by atoms with van der Waals surface area (Å²) >= 11 is 0. The molecule has 0 spiro atoms. The van der Waals surface area contributed by atoms with E-state index in [0.29, 0.717) is 13.1 Å². The van der Waals surface area contributed by atoms with Crippen molar-refractivity contribution in [2.24, 2.45) is 0 Å². The molecule has 0 bridgehead atoms. The molecule has 0 aliphatic carbocycles. The van der Waals surface area contributed by atoms with Gasteiger partial charge in [0, 0.05) is 19.5 Å². The summed E-state index contributed by atoms with van der Waals surface area (Å²) in [6, 6.07) is 0. The van der Waals surface area contributed by atoms with Crippen molar-refractivity contribution in [2.45, 2.75) is 31.1 Å². The monoisotopic (exact) mass is 253 g/mol. The van der Waals surface area contributed by atoms with Gasteiger partial charge < -0.3 is 20.0 Å². The van der Waals surface area contributed by atoms with Gasteiger partial charge in [-0.3, -0.25) is 14.3 Å². The number of aliphatic hydroxyl groups is 1. The molecule has 0 amide bonds. The van der Waals surface area contributed by atoms with Gasteiger partial charge in [-0.05, 0) is 12.8 Å². The lowest BCUT2D eigenvalue weighted by Gasteiger charge is -2.25. The molecule has 1 rings (SSSR count). The Bertz CT molecular complexity index is 297. The average molecular weight is 253 g/mol. The second-order valence-corrected chi connectivity index (χ2v) is 5.70. The maximum absolute atomic E-state index is 10.9. The molecule has 0 aromatic heterocycles. The highest BCUT2D eigenvalue weighted by molar-refractivity contribution is 7.53. The number of carbonyl (C=O) groups is 1. The van der Waals surface area contributed by atoms with Gasteiger partial charge in [0.15, 0.2) is 5.66 Å². The summed E-state index contributed by atoms with van der Waals surface area (Å²) in [5, 5.41) is 18.3. The van der Waals surface area contributed by atoms with Crippen LogP contribution >= 0.6 is 7.60 Å². The number of carboxylic acid groups (broad SMARTS) is 1. The zero-order valence-electron chi connectivity index (χ0n) is 8.69. The van der Waals surface area contributed by atoms with E-state index in [2.05, 4.69) is 0 Å². The first kappa shape index (κ1) is 13.6. The zero-order chi connectivity index (χ0) is 12.3. The Labute approximate surface area is 92.8 Å². The van der Waals surface area contributed by atoms with E-state index >= 15 is 0 Å². The van der Waals surface area contributed by atoms with E-state index in [1.54, 1.807) is 4.90 Å². The number of likely N-dealkylation sites (tertiary alicyclic amines) is 1.